The lowest BCUT2D eigenvalue weighted by molar-refractivity contribution is 0.459. The quantitative estimate of drug-likeness (QED) is 0.819. The number of rotatable bonds is 2. The predicted molar refractivity (Wildman–Crippen MR) is 67.9 cm³/mol. The van der Waals surface area contributed by atoms with E-state index < -0.39 is 0 Å². The summed E-state index contributed by atoms with van der Waals surface area (Å²) in [5, 5.41) is 0. The minimum Gasteiger partial charge on any atom is -0.438 e. The van der Waals surface area contributed by atoms with E-state index in [4.69, 9.17) is 4.74 Å². The summed E-state index contributed by atoms with van der Waals surface area (Å²) in [5.74, 6) is 1.40. The molecule has 2 rings (SSSR count). The summed E-state index contributed by atoms with van der Waals surface area (Å²) in [6.45, 7) is 3.98. The van der Waals surface area contributed by atoms with Crippen LogP contribution in [0.3, 0.4) is 0 Å². The van der Waals surface area contributed by atoms with Gasteiger partial charge in [-0.15, -0.1) is 0 Å². The Labute approximate surface area is 103 Å². The van der Waals surface area contributed by atoms with E-state index in [1.165, 1.54) is 5.56 Å². The van der Waals surface area contributed by atoms with Gasteiger partial charge in [-0.2, -0.15) is 0 Å². The van der Waals surface area contributed by atoms with Crippen LogP contribution in [0.25, 0.3) is 0 Å². The summed E-state index contributed by atoms with van der Waals surface area (Å²) in [6.07, 6.45) is 0. The Morgan fingerprint density at radius 2 is 1.94 bits per heavy atom. The number of aryl methyl sites for hydroxylation is 2. The molecular formula is C13H12BrNO. The van der Waals surface area contributed by atoms with E-state index in [0.717, 1.165) is 15.9 Å². The molecular weight excluding hydrogens is 266 g/mol. The summed E-state index contributed by atoms with van der Waals surface area (Å²) in [4.78, 5) is 4.29. The highest BCUT2D eigenvalue weighted by molar-refractivity contribution is 9.10. The maximum absolute atomic E-state index is 5.69. The highest BCUT2D eigenvalue weighted by Gasteiger charge is 2.03. The number of pyridine rings is 1. The maximum atomic E-state index is 5.69. The number of nitrogens with zero attached hydrogens (tertiary/aromatic N) is 1. The van der Waals surface area contributed by atoms with Gasteiger partial charge in [0.1, 0.15) is 5.75 Å². The van der Waals surface area contributed by atoms with Crippen molar-refractivity contribution in [3.05, 3.63) is 52.1 Å². The standard InChI is InChI=1S/C13H12BrNO/c1-9-6-7-12(11(14)8-9)16-13-5-3-4-10(2)15-13/h3-8H,1-2H3. The average Bonchev–Trinajstić information content (AvgIpc) is 2.22. The molecule has 0 atom stereocenters. The van der Waals surface area contributed by atoms with Crippen molar-refractivity contribution in [1.82, 2.24) is 4.98 Å². The highest BCUT2D eigenvalue weighted by atomic mass is 79.9. The molecule has 1 heterocycles. The maximum Gasteiger partial charge on any atom is 0.219 e. The Morgan fingerprint density at radius 1 is 1.12 bits per heavy atom. The predicted octanol–water partition coefficient (Wildman–Crippen LogP) is 4.25. The molecule has 0 N–H and O–H groups in total. The number of benzene rings is 1. The van der Waals surface area contributed by atoms with Crippen molar-refractivity contribution < 1.29 is 4.74 Å². The van der Waals surface area contributed by atoms with E-state index in [2.05, 4.69) is 20.9 Å². The first-order chi connectivity index (χ1) is 7.65. The molecule has 16 heavy (non-hydrogen) atoms. The van der Waals surface area contributed by atoms with Crippen molar-refractivity contribution in [2.75, 3.05) is 0 Å². The van der Waals surface area contributed by atoms with Crippen molar-refractivity contribution in [1.29, 1.82) is 0 Å². The first-order valence-electron chi connectivity index (χ1n) is 5.03. The fourth-order valence-electron chi connectivity index (χ4n) is 1.38. The van der Waals surface area contributed by atoms with Crippen LogP contribution in [0, 0.1) is 13.8 Å². The summed E-state index contributed by atoms with van der Waals surface area (Å²) in [6, 6.07) is 11.7. The molecule has 1 aromatic heterocycles. The van der Waals surface area contributed by atoms with Crippen LogP contribution >= 0.6 is 15.9 Å². The molecule has 0 unspecified atom stereocenters. The topological polar surface area (TPSA) is 22.1 Å². The third kappa shape index (κ3) is 2.61. The summed E-state index contributed by atoms with van der Waals surface area (Å²) in [5.41, 5.74) is 2.14. The lowest BCUT2D eigenvalue weighted by atomic mass is 10.2. The van der Waals surface area contributed by atoms with E-state index in [-0.39, 0.29) is 0 Å². The Morgan fingerprint density at radius 3 is 2.62 bits per heavy atom. The Balaban J connectivity index is 2.27. The van der Waals surface area contributed by atoms with Gasteiger partial charge < -0.3 is 4.74 Å². The van der Waals surface area contributed by atoms with E-state index in [1.807, 2.05) is 50.2 Å². The fraction of sp³-hybridized carbons (Fsp3) is 0.154. The largest absolute Gasteiger partial charge is 0.438 e. The normalized spacial score (nSPS) is 10.2. The fourth-order valence-corrected chi connectivity index (χ4v) is 1.95. The van der Waals surface area contributed by atoms with Gasteiger partial charge >= 0.3 is 0 Å². The van der Waals surface area contributed by atoms with Crippen LogP contribution in [0.15, 0.2) is 40.9 Å². The molecule has 0 fully saturated rings. The van der Waals surface area contributed by atoms with Crippen molar-refractivity contribution in [2.45, 2.75) is 13.8 Å². The van der Waals surface area contributed by atoms with Gasteiger partial charge in [0.15, 0.2) is 0 Å². The second-order valence-electron chi connectivity index (χ2n) is 3.65. The minimum absolute atomic E-state index is 0.615. The van der Waals surface area contributed by atoms with Gasteiger partial charge in [-0.1, -0.05) is 12.1 Å². The van der Waals surface area contributed by atoms with Gasteiger partial charge in [0.25, 0.3) is 0 Å². The molecule has 3 heteroatoms. The summed E-state index contributed by atoms with van der Waals surface area (Å²) >= 11 is 3.47. The Bertz CT molecular complexity index is 511. The molecule has 82 valence electrons. The molecule has 2 nitrogen and oxygen atoms in total. The average molecular weight is 278 g/mol. The van der Waals surface area contributed by atoms with Crippen LogP contribution in [-0.2, 0) is 0 Å². The van der Waals surface area contributed by atoms with Crippen molar-refractivity contribution in [3.8, 4) is 11.6 Å². The molecule has 0 amide bonds. The van der Waals surface area contributed by atoms with E-state index >= 15 is 0 Å². The molecule has 0 spiro atoms. The zero-order valence-corrected chi connectivity index (χ0v) is 10.8. The van der Waals surface area contributed by atoms with Crippen LogP contribution in [-0.4, -0.2) is 4.98 Å². The number of hydrogen-bond donors (Lipinski definition) is 0. The minimum atomic E-state index is 0.615. The first kappa shape index (κ1) is 11.1. The van der Waals surface area contributed by atoms with Gasteiger partial charge in [0.05, 0.1) is 4.47 Å². The molecule has 0 radical (unpaired) electrons. The first-order valence-corrected chi connectivity index (χ1v) is 5.82. The Hall–Kier alpha value is -1.35. The highest BCUT2D eigenvalue weighted by Crippen LogP contribution is 2.29. The molecule has 0 saturated carbocycles. The van der Waals surface area contributed by atoms with Crippen molar-refractivity contribution in [2.24, 2.45) is 0 Å². The second-order valence-corrected chi connectivity index (χ2v) is 4.51. The molecule has 0 aliphatic carbocycles. The number of hydrogen-bond acceptors (Lipinski definition) is 2. The van der Waals surface area contributed by atoms with Crippen LogP contribution in [0.1, 0.15) is 11.3 Å². The van der Waals surface area contributed by atoms with Crippen LogP contribution in [0.5, 0.6) is 11.6 Å². The third-order valence-corrected chi connectivity index (χ3v) is 2.78. The molecule has 0 aliphatic heterocycles. The molecule has 1 aromatic carbocycles. The second kappa shape index (κ2) is 4.66. The number of aromatic nitrogens is 1. The van der Waals surface area contributed by atoms with Crippen molar-refractivity contribution >= 4 is 15.9 Å². The van der Waals surface area contributed by atoms with Gasteiger partial charge in [-0.25, -0.2) is 4.98 Å². The van der Waals surface area contributed by atoms with Gasteiger partial charge in [-0.3, -0.25) is 0 Å². The molecule has 2 aromatic rings. The smallest absolute Gasteiger partial charge is 0.219 e. The monoisotopic (exact) mass is 277 g/mol. The van der Waals surface area contributed by atoms with Gasteiger partial charge in [0, 0.05) is 11.8 Å². The lowest BCUT2D eigenvalue weighted by Gasteiger charge is -2.07. The lowest BCUT2D eigenvalue weighted by Crippen LogP contribution is -1.90. The van der Waals surface area contributed by atoms with Gasteiger partial charge in [0.2, 0.25) is 5.88 Å². The van der Waals surface area contributed by atoms with E-state index in [9.17, 15) is 0 Å². The zero-order chi connectivity index (χ0) is 11.5. The van der Waals surface area contributed by atoms with Gasteiger partial charge in [-0.05, 0) is 53.5 Å². The molecule has 0 bridgehead atoms. The van der Waals surface area contributed by atoms with Crippen LogP contribution in [0.4, 0.5) is 0 Å². The van der Waals surface area contributed by atoms with E-state index in [0.29, 0.717) is 5.88 Å². The Kier molecular flexibility index (Phi) is 3.25. The van der Waals surface area contributed by atoms with Crippen LogP contribution in [0.2, 0.25) is 0 Å². The summed E-state index contributed by atoms with van der Waals surface area (Å²) < 4.78 is 6.63. The van der Waals surface area contributed by atoms with Crippen LogP contribution < -0.4 is 4.74 Å². The van der Waals surface area contributed by atoms with E-state index in [1.54, 1.807) is 0 Å². The SMILES string of the molecule is Cc1ccc(Oc2cccc(C)n2)c(Br)c1. The van der Waals surface area contributed by atoms with Crippen molar-refractivity contribution in [3.63, 3.8) is 0 Å². The zero-order valence-electron chi connectivity index (χ0n) is 9.20. The molecule has 0 saturated heterocycles. The number of halogens is 1. The summed E-state index contributed by atoms with van der Waals surface area (Å²) in [7, 11) is 0. The molecule has 0 aliphatic rings. The number of ether oxygens (including phenoxy) is 1. The third-order valence-electron chi connectivity index (χ3n) is 2.16.